The predicted molar refractivity (Wildman–Crippen MR) is 36.6 cm³/mol. The van der Waals surface area contributed by atoms with Gasteiger partial charge in [-0.1, -0.05) is 6.58 Å². The number of aromatic nitrogens is 2. The molecule has 0 spiro atoms. The van der Waals surface area contributed by atoms with E-state index in [2.05, 4.69) is 16.5 Å². The lowest BCUT2D eigenvalue weighted by atomic mass is 10.2. The molecule has 0 saturated heterocycles. The van der Waals surface area contributed by atoms with Gasteiger partial charge in [-0.15, -0.1) is 0 Å². The minimum absolute atomic E-state index is 0.550. The highest BCUT2D eigenvalue weighted by Gasteiger charge is 2.16. The van der Waals surface area contributed by atoms with Crippen LogP contribution < -0.4 is 4.74 Å². The summed E-state index contributed by atoms with van der Waals surface area (Å²) in [5.74, 6) is 0.743. The minimum atomic E-state index is 0.550. The molecule has 0 atom stereocenters. The van der Waals surface area contributed by atoms with Crippen LogP contribution in [-0.2, 0) is 0 Å². The molecule has 1 aliphatic rings. The molecule has 1 aliphatic heterocycles. The van der Waals surface area contributed by atoms with Gasteiger partial charge in [-0.2, -0.15) is 0 Å². The summed E-state index contributed by atoms with van der Waals surface area (Å²) < 4.78 is 5.19. The van der Waals surface area contributed by atoms with Crippen LogP contribution >= 0.6 is 0 Å². The average Bonchev–Trinajstić information content (AvgIpc) is 2.34. The summed E-state index contributed by atoms with van der Waals surface area (Å²) in [5, 5.41) is 0. The van der Waals surface area contributed by atoms with Crippen LogP contribution in [0.3, 0.4) is 0 Å². The largest absolute Gasteiger partial charge is 0.485 e. The number of hydrogen-bond donors (Lipinski definition) is 0. The van der Waals surface area contributed by atoms with Crippen molar-refractivity contribution in [2.75, 3.05) is 6.61 Å². The molecule has 2 rings (SSSR count). The number of rotatable bonds is 0. The Morgan fingerprint density at radius 2 is 2.50 bits per heavy atom. The van der Waals surface area contributed by atoms with Crippen molar-refractivity contribution in [2.45, 2.75) is 0 Å². The van der Waals surface area contributed by atoms with E-state index >= 15 is 0 Å². The van der Waals surface area contributed by atoms with E-state index in [-0.39, 0.29) is 0 Å². The lowest BCUT2D eigenvalue weighted by Gasteiger charge is -1.91. The number of nitrogens with zero attached hydrogens (tertiary/aromatic N) is 2. The van der Waals surface area contributed by atoms with Crippen LogP contribution in [0.1, 0.15) is 5.69 Å². The Morgan fingerprint density at radius 1 is 1.60 bits per heavy atom. The fraction of sp³-hybridized carbons (Fsp3) is 0.143. The first-order valence-corrected chi connectivity index (χ1v) is 2.99. The van der Waals surface area contributed by atoms with Crippen LogP contribution in [0.2, 0.25) is 0 Å². The Morgan fingerprint density at radius 3 is 3.30 bits per heavy atom. The number of ether oxygens (including phenoxy) is 1. The van der Waals surface area contributed by atoms with E-state index in [1.54, 1.807) is 6.20 Å². The third-order valence-electron chi connectivity index (χ3n) is 1.42. The average molecular weight is 134 g/mol. The Hall–Kier alpha value is -1.38. The molecule has 3 nitrogen and oxygen atoms in total. The maximum Gasteiger partial charge on any atom is 0.164 e. The molecule has 3 heteroatoms. The zero-order valence-corrected chi connectivity index (χ0v) is 5.37. The first-order chi connectivity index (χ1) is 4.88. The normalized spacial score (nSPS) is 14.6. The second kappa shape index (κ2) is 1.80. The molecule has 0 bridgehead atoms. The van der Waals surface area contributed by atoms with Gasteiger partial charge in [-0.05, 0) is 0 Å². The summed E-state index contributed by atoms with van der Waals surface area (Å²) in [6.07, 6.45) is 3.15. The number of fused-ring (bicyclic) bond motifs is 1. The topological polar surface area (TPSA) is 35.0 Å². The smallest absolute Gasteiger partial charge is 0.164 e. The fourth-order valence-electron chi connectivity index (χ4n) is 0.921. The molecule has 0 amide bonds. The Bertz CT molecular complexity index is 283. The Balaban J connectivity index is 2.61. The van der Waals surface area contributed by atoms with Gasteiger partial charge in [0.05, 0.1) is 6.20 Å². The first kappa shape index (κ1) is 5.41. The van der Waals surface area contributed by atoms with Crippen LogP contribution in [0.15, 0.2) is 19.1 Å². The van der Waals surface area contributed by atoms with E-state index in [1.165, 1.54) is 6.33 Å². The Labute approximate surface area is 58.4 Å². The van der Waals surface area contributed by atoms with Crippen LogP contribution in [0.4, 0.5) is 0 Å². The van der Waals surface area contributed by atoms with Crippen molar-refractivity contribution in [2.24, 2.45) is 0 Å². The zero-order valence-electron chi connectivity index (χ0n) is 5.37. The van der Waals surface area contributed by atoms with Gasteiger partial charge in [0.25, 0.3) is 0 Å². The molecule has 0 N–H and O–H groups in total. The van der Waals surface area contributed by atoms with E-state index in [0.717, 1.165) is 17.0 Å². The molecule has 1 aromatic rings. The summed E-state index contributed by atoms with van der Waals surface area (Å²) >= 11 is 0. The van der Waals surface area contributed by atoms with Crippen molar-refractivity contribution < 1.29 is 4.74 Å². The van der Waals surface area contributed by atoms with Crippen molar-refractivity contribution in [3.05, 3.63) is 24.8 Å². The molecular formula is C7H6N2O. The quantitative estimate of drug-likeness (QED) is 0.528. The van der Waals surface area contributed by atoms with E-state index in [1.807, 2.05) is 0 Å². The van der Waals surface area contributed by atoms with E-state index in [9.17, 15) is 0 Å². The predicted octanol–water partition coefficient (Wildman–Crippen LogP) is 0.882. The maximum absolute atomic E-state index is 5.19. The highest BCUT2D eigenvalue weighted by molar-refractivity contribution is 5.69. The second-order valence-corrected chi connectivity index (χ2v) is 2.13. The first-order valence-electron chi connectivity index (χ1n) is 2.99. The second-order valence-electron chi connectivity index (χ2n) is 2.13. The molecule has 10 heavy (non-hydrogen) atoms. The third-order valence-corrected chi connectivity index (χ3v) is 1.42. The van der Waals surface area contributed by atoms with Crippen molar-refractivity contribution in [1.82, 2.24) is 9.97 Å². The van der Waals surface area contributed by atoms with Crippen LogP contribution in [0.25, 0.3) is 5.57 Å². The molecule has 0 aliphatic carbocycles. The Kier molecular flexibility index (Phi) is 0.974. The van der Waals surface area contributed by atoms with E-state index in [0.29, 0.717) is 6.61 Å². The number of hydrogen-bond acceptors (Lipinski definition) is 3. The highest BCUT2D eigenvalue weighted by atomic mass is 16.5. The summed E-state index contributed by atoms with van der Waals surface area (Å²) in [6, 6.07) is 0. The summed E-state index contributed by atoms with van der Waals surface area (Å²) in [4.78, 5) is 7.82. The highest BCUT2D eigenvalue weighted by Crippen LogP contribution is 2.27. The molecule has 0 unspecified atom stereocenters. The van der Waals surface area contributed by atoms with Crippen LogP contribution in [0, 0.1) is 0 Å². The van der Waals surface area contributed by atoms with Gasteiger partial charge in [0.15, 0.2) is 5.75 Å². The van der Waals surface area contributed by atoms with Crippen molar-refractivity contribution in [1.29, 1.82) is 0 Å². The summed E-state index contributed by atoms with van der Waals surface area (Å²) in [7, 11) is 0. The van der Waals surface area contributed by atoms with Gasteiger partial charge in [0, 0.05) is 5.57 Å². The monoisotopic (exact) mass is 134 g/mol. The molecule has 1 aromatic heterocycles. The maximum atomic E-state index is 5.19. The van der Waals surface area contributed by atoms with Gasteiger partial charge in [-0.3, -0.25) is 0 Å². The summed E-state index contributed by atoms with van der Waals surface area (Å²) in [6.45, 7) is 4.33. The molecule has 0 fully saturated rings. The van der Waals surface area contributed by atoms with Gasteiger partial charge in [0.2, 0.25) is 0 Å². The molecule has 50 valence electrons. The van der Waals surface area contributed by atoms with Gasteiger partial charge < -0.3 is 4.74 Å². The molecule has 2 heterocycles. The van der Waals surface area contributed by atoms with Crippen molar-refractivity contribution in [3.63, 3.8) is 0 Å². The van der Waals surface area contributed by atoms with Gasteiger partial charge in [-0.25, -0.2) is 9.97 Å². The lowest BCUT2D eigenvalue weighted by Crippen LogP contribution is -1.85. The van der Waals surface area contributed by atoms with Gasteiger partial charge in [0.1, 0.15) is 18.6 Å². The molecular weight excluding hydrogens is 128 g/mol. The van der Waals surface area contributed by atoms with Crippen LogP contribution in [0.5, 0.6) is 5.75 Å². The fourth-order valence-corrected chi connectivity index (χ4v) is 0.921. The SMILES string of the molecule is C=C1COc2cncnc21. The third kappa shape index (κ3) is 0.603. The molecule has 0 aromatic carbocycles. The zero-order chi connectivity index (χ0) is 6.97. The van der Waals surface area contributed by atoms with Crippen molar-refractivity contribution in [3.8, 4) is 5.75 Å². The molecule has 0 radical (unpaired) electrons. The standard InChI is InChI=1S/C7H6N2O/c1-5-3-10-6-2-8-4-9-7(5)6/h2,4H,1,3H2. The van der Waals surface area contributed by atoms with E-state index in [4.69, 9.17) is 4.74 Å². The van der Waals surface area contributed by atoms with Crippen LogP contribution in [-0.4, -0.2) is 16.6 Å². The lowest BCUT2D eigenvalue weighted by molar-refractivity contribution is 0.386. The minimum Gasteiger partial charge on any atom is -0.485 e. The molecule has 0 saturated carbocycles. The summed E-state index contributed by atoms with van der Waals surface area (Å²) in [5.41, 5.74) is 1.77. The van der Waals surface area contributed by atoms with Crippen molar-refractivity contribution >= 4 is 5.57 Å². The van der Waals surface area contributed by atoms with Gasteiger partial charge >= 0.3 is 0 Å². The van der Waals surface area contributed by atoms with E-state index < -0.39 is 0 Å².